The molecule has 0 bridgehead atoms. The van der Waals surface area contributed by atoms with Crippen LogP contribution in [-0.2, 0) is 17.8 Å². The molecule has 0 unspecified atom stereocenters. The van der Waals surface area contributed by atoms with Gasteiger partial charge in [0, 0.05) is 48.2 Å². The van der Waals surface area contributed by atoms with Crippen molar-refractivity contribution < 1.29 is 14.0 Å². The van der Waals surface area contributed by atoms with E-state index >= 15 is 0 Å². The largest absolute Gasteiger partial charge is 0.451 e. The molecule has 1 saturated heterocycles. The van der Waals surface area contributed by atoms with Crippen molar-refractivity contribution in [3.8, 4) is 0 Å². The maximum Gasteiger partial charge on any atom is 0.287 e. The zero-order chi connectivity index (χ0) is 30.7. The van der Waals surface area contributed by atoms with Crippen LogP contribution in [0.4, 0.5) is 0 Å². The van der Waals surface area contributed by atoms with Gasteiger partial charge in [0.05, 0.1) is 5.39 Å². The van der Waals surface area contributed by atoms with E-state index in [9.17, 15) is 14.4 Å². The van der Waals surface area contributed by atoms with Crippen LogP contribution in [0, 0.1) is 11.3 Å². The number of nitrogens with zero attached hydrogens (tertiary/aromatic N) is 4. The SMILES string of the molecule is O=C(N[C@H](Cc1ccc(Cl)cc1)C(=O)N1CCC(Cn2cncn2)(C2CCCCC2)CC1)c1cc(=O)c2ccc(Cl)cc2o1. The number of aromatic nitrogens is 3. The van der Waals surface area contributed by atoms with E-state index in [1.54, 1.807) is 36.9 Å². The van der Waals surface area contributed by atoms with Gasteiger partial charge in [0.2, 0.25) is 5.91 Å². The minimum Gasteiger partial charge on any atom is -0.451 e. The van der Waals surface area contributed by atoms with Crippen LogP contribution >= 0.6 is 23.2 Å². The number of nitrogens with one attached hydrogen (secondary N) is 1. The lowest BCUT2D eigenvalue weighted by molar-refractivity contribution is -0.136. The van der Waals surface area contributed by atoms with Crippen LogP contribution < -0.4 is 10.7 Å². The fourth-order valence-electron chi connectivity index (χ4n) is 6.97. The average molecular weight is 637 g/mol. The summed E-state index contributed by atoms with van der Waals surface area (Å²) >= 11 is 12.2. The topological polar surface area (TPSA) is 110 Å². The molecule has 1 N–H and O–H groups in total. The predicted molar refractivity (Wildman–Crippen MR) is 169 cm³/mol. The minimum atomic E-state index is -0.874. The van der Waals surface area contributed by atoms with Gasteiger partial charge in [0.25, 0.3) is 5.91 Å². The Balaban J connectivity index is 1.23. The fourth-order valence-corrected chi connectivity index (χ4v) is 7.25. The van der Waals surface area contributed by atoms with Crippen molar-refractivity contribution in [3.63, 3.8) is 0 Å². The summed E-state index contributed by atoms with van der Waals surface area (Å²) < 4.78 is 7.70. The van der Waals surface area contributed by atoms with Crippen LogP contribution in [0.5, 0.6) is 0 Å². The number of carbonyl (C=O) groups excluding carboxylic acids is 2. The number of fused-ring (bicyclic) bond motifs is 1. The van der Waals surface area contributed by atoms with E-state index in [1.807, 2.05) is 21.7 Å². The molecule has 11 heteroatoms. The van der Waals surface area contributed by atoms with Gasteiger partial charge in [0.15, 0.2) is 11.2 Å². The molecule has 2 aromatic heterocycles. The van der Waals surface area contributed by atoms with Crippen LogP contribution in [0.25, 0.3) is 11.0 Å². The van der Waals surface area contributed by atoms with E-state index in [0.29, 0.717) is 34.4 Å². The lowest BCUT2D eigenvalue weighted by Gasteiger charge is -2.48. The predicted octanol–water partition coefficient (Wildman–Crippen LogP) is 5.92. The summed E-state index contributed by atoms with van der Waals surface area (Å²) in [5, 5.41) is 8.56. The fraction of sp³-hybridized carbons (Fsp3) is 0.424. The van der Waals surface area contributed by atoms with Gasteiger partial charge in [-0.05, 0) is 66.8 Å². The van der Waals surface area contributed by atoms with Crippen LogP contribution in [0.15, 0.2) is 70.4 Å². The Morgan fingerprint density at radius 2 is 1.73 bits per heavy atom. The van der Waals surface area contributed by atoms with E-state index in [1.165, 1.54) is 38.2 Å². The molecule has 0 radical (unpaired) electrons. The Bertz CT molecular complexity index is 1670. The normalized spacial score (nSPS) is 17.8. The monoisotopic (exact) mass is 635 g/mol. The van der Waals surface area contributed by atoms with Crippen LogP contribution in [0.2, 0.25) is 10.0 Å². The molecule has 1 aliphatic heterocycles. The molecule has 1 atom stereocenters. The zero-order valence-electron chi connectivity index (χ0n) is 24.4. The molecule has 6 rings (SSSR count). The average Bonchev–Trinajstić information content (AvgIpc) is 3.55. The highest BCUT2D eigenvalue weighted by Gasteiger charge is 2.44. The van der Waals surface area contributed by atoms with Gasteiger partial charge in [-0.15, -0.1) is 0 Å². The van der Waals surface area contributed by atoms with Crippen molar-refractivity contribution in [1.29, 1.82) is 0 Å². The second kappa shape index (κ2) is 13.1. The molecule has 1 saturated carbocycles. The van der Waals surface area contributed by atoms with E-state index in [0.717, 1.165) is 31.0 Å². The number of halogens is 2. The summed E-state index contributed by atoms with van der Waals surface area (Å²) in [6.07, 6.45) is 11.4. The van der Waals surface area contributed by atoms with Crippen LogP contribution in [0.3, 0.4) is 0 Å². The Morgan fingerprint density at radius 1 is 1.00 bits per heavy atom. The second-order valence-electron chi connectivity index (χ2n) is 12.1. The van der Waals surface area contributed by atoms with Gasteiger partial charge in [-0.3, -0.25) is 19.1 Å². The molecule has 2 amide bonds. The molecular weight excluding hydrogens is 601 g/mol. The second-order valence-corrected chi connectivity index (χ2v) is 13.0. The summed E-state index contributed by atoms with van der Waals surface area (Å²) in [5.41, 5.74) is 0.726. The van der Waals surface area contributed by atoms with Gasteiger partial charge in [-0.25, -0.2) is 4.98 Å². The zero-order valence-corrected chi connectivity index (χ0v) is 25.9. The first kappa shape index (κ1) is 30.3. The van der Waals surface area contributed by atoms with Crippen molar-refractivity contribution in [3.05, 3.63) is 92.8 Å². The highest BCUT2D eigenvalue weighted by atomic mass is 35.5. The molecule has 230 valence electrons. The highest BCUT2D eigenvalue weighted by Crippen LogP contribution is 2.47. The number of benzene rings is 2. The third-order valence-electron chi connectivity index (χ3n) is 9.36. The van der Waals surface area contributed by atoms with Crippen LogP contribution in [-0.4, -0.2) is 50.6 Å². The number of hydrogen-bond acceptors (Lipinski definition) is 6. The molecule has 2 aromatic carbocycles. The van der Waals surface area contributed by atoms with Gasteiger partial charge in [0.1, 0.15) is 24.3 Å². The van der Waals surface area contributed by atoms with Gasteiger partial charge in [-0.1, -0.05) is 54.6 Å². The van der Waals surface area contributed by atoms with Crippen molar-refractivity contribution >= 4 is 46.0 Å². The smallest absolute Gasteiger partial charge is 0.287 e. The number of hydrogen-bond donors (Lipinski definition) is 1. The minimum absolute atomic E-state index is 0.0373. The van der Waals surface area contributed by atoms with Gasteiger partial charge >= 0.3 is 0 Å². The maximum absolute atomic E-state index is 14.1. The molecule has 2 fully saturated rings. The summed E-state index contributed by atoms with van der Waals surface area (Å²) in [6.45, 7) is 1.96. The summed E-state index contributed by atoms with van der Waals surface area (Å²) in [4.78, 5) is 46.3. The van der Waals surface area contributed by atoms with Crippen molar-refractivity contribution in [2.24, 2.45) is 11.3 Å². The molecule has 3 heterocycles. The van der Waals surface area contributed by atoms with E-state index in [2.05, 4.69) is 15.4 Å². The highest BCUT2D eigenvalue weighted by molar-refractivity contribution is 6.31. The Labute approximate surface area is 265 Å². The van der Waals surface area contributed by atoms with Crippen molar-refractivity contribution in [1.82, 2.24) is 25.0 Å². The standard InChI is InChI=1S/C33H35Cl2N5O4/c34-24-8-6-22(7-9-24)16-27(38-31(42)30-18-28(41)26-11-10-25(35)17-29(26)44-30)32(43)39-14-12-33(13-15-39,19-40-21-36-20-37-40)23-4-2-1-3-5-23/h6-11,17-18,20-21,23,27H,1-5,12-16,19H2,(H,38,42)/t27-/m1/s1. The first-order valence-electron chi connectivity index (χ1n) is 15.2. The lowest BCUT2D eigenvalue weighted by Crippen LogP contribution is -2.54. The van der Waals surface area contributed by atoms with E-state index in [4.69, 9.17) is 27.6 Å². The first-order chi connectivity index (χ1) is 21.3. The Morgan fingerprint density at radius 3 is 2.43 bits per heavy atom. The summed E-state index contributed by atoms with van der Waals surface area (Å²) in [5.74, 6) is -0.415. The molecule has 44 heavy (non-hydrogen) atoms. The lowest BCUT2D eigenvalue weighted by atomic mass is 9.63. The number of likely N-dealkylation sites (tertiary alicyclic amines) is 1. The number of piperidine rings is 1. The van der Waals surface area contributed by atoms with E-state index in [-0.39, 0.29) is 34.5 Å². The molecule has 9 nitrogen and oxygen atoms in total. The first-order valence-corrected chi connectivity index (χ1v) is 16.0. The van der Waals surface area contributed by atoms with E-state index < -0.39 is 11.9 Å². The Kier molecular flexibility index (Phi) is 9.05. The molecule has 2 aliphatic rings. The number of amides is 2. The van der Waals surface area contributed by atoms with Crippen molar-refractivity contribution in [2.45, 2.75) is 64.0 Å². The molecule has 1 aliphatic carbocycles. The third-order valence-corrected chi connectivity index (χ3v) is 9.84. The number of rotatable bonds is 8. The molecule has 4 aromatic rings. The third kappa shape index (κ3) is 6.69. The quantitative estimate of drug-likeness (QED) is 0.257. The Hall–Kier alpha value is -3.69. The molecule has 0 spiro atoms. The summed E-state index contributed by atoms with van der Waals surface area (Å²) in [6, 6.07) is 12.1. The van der Waals surface area contributed by atoms with Gasteiger partial charge in [-0.2, -0.15) is 5.10 Å². The van der Waals surface area contributed by atoms with Gasteiger partial charge < -0.3 is 14.6 Å². The summed E-state index contributed by atoms with van der Waals surface area (Å²) in [7, 11) is 0. The van der Waals surface area contributed by atoms with Crippen molar-refractivity contribution in [2.75, 3.05) is 13.1 Å². The maximum atomic E-state index is 14.1. The molecular formula is C33H35Cl2N5O4. The van der Waals surface area contributed by atoms with Crippen LogP contribution in [0.1, 0.15) is 61.1 Å². The number of carbonyl (C=O) groups is 2.